The maximum atomic E-state index is 12.9. The Morgan fingerprint density at radius 2 is 1.77 bits per heavy atom. The molecule has 0 aliphatic rings. The maximum Gasteiger partial charge on any atom is 0.276 e. The van der Waals surface area contributed by atoms with E-state index in [1.807, 2.05) is 32.0 Å². The molecule has 0 radical (unpaired) electrons. The Bertz CT molecular complexity index is 908. The lowest BCUT2D eigenvalue weighted by Crippen LogP contribution is -2.15. The van der Waals surface area contributed by atoms with Gasteiger partial charge in [0.2, 0.25) is 0 Å². The fraction of sp³-hybridized carbons (Fsp3) is 0.150. The molecule has 0 saturated carbocycles. The molecule has 3 rings (SSSR count). The van der Waals surface area contributed by atoms with E-state index in [0.717, 1.165) is 22.4 Å². The van der Waals surface area contributed by atoms with Gasteiger partial charge in [-0.3, -0.25) is 4.79 Å². The highest BCUT2D eigenvalue weighted by Crippen LogP contribution is 2.17. The van der Waals surface area contributed by atoms with Gasteiger partial charge in [-0.2, -0.15) is 0 Å². The number of aryl methyl sites for hydroxylation is 2. The third-order valence-electron chi connectivity index (χ3n) is 3.91. The molecule has 0 aliphatic carbocycles. The zero-order valence-corrected chi connectivity index (χ0v) is 14.6. The van der Waals surface area contributed by atoms with Crippen LogP contribution in [0.15, 0.2) is 54.6 Å². The third kappa shape index (κ3) is 4.42. The van der Waals surface area contributed by atoms with Crippen LogP contribution in [0.3, 0.4) is 0 Å². The first kappa shape index (κ1) is 17.5. The average Bonchev–Trinajstić information content (AvgIpc) is 2.64. The summed E-state index contributed by atoms with van der Waals surface area (Å²) >= 11 is 0. The SMILES string of the molecule is Cc1ccc(NC(=O)c2ccc(NCc3ccc(F)cc3)nn2)c(C)c1. The summed E-state index contributed by atoms with van der Waals surface area (Å²) in [7, 11) is 0. The van der Waals surface area contributed by atoms with Crippen LogP contribution in [0.5, 0.6) is 0 Å². The lowest BCUT2D eigenvalue weighted by molar-refractivity contribution is 0.102. The predicted molar refractivity (Wildman–Crippen MR) is 99.6 cm³/mol. The Balaban J connectivity index is 1.61. The number of anilines is 2. The zero-order chi connectivity index (χ0) is 18.5. The molecule has 2 aromatic carbocycles. The normalized spacial score (nSPS) is 10.4. The van der Waals surface area contributed by atoms with Crippen molar-refractivity contribution in [1.29, 1.82) is 0 Å². The van der Waals surface area contributed by atoms with Gasteiger partial charge in [0.1, 0.15) is 11.6 Å². The molecule has 0 unspecified atom stereocenters. The standard InChI is InChI=1S/C20H19FN4O/c1-13-3-8-17(14(2)11-13)23-20(26)18-9-10-19(25-24-18)22-12-15-4-6-16(21)7-5-15/h3-11H,12H2,1-2H3,(H,22,25)(H,23,26). The fourth-order valence-electron chi connectivity index (χ4n) is 2.48. The second kappa shape index (κ2) is 7.74. The predicted octanol–water partition coefficient (Wildman–Crippen LogP) is 4.10. The number of aromatic nitrogens is 2. The first-order valence-electron chi connectivity index (χ1n) is 8.22. The van der Waals surface area contributed by atoms with Crippen molar-refractivity contribution in [1.82, 2.24) is 10.2 Å². The van der Waals surface area contributed by atoms with E-state index in [4.69, 9.17) is 0 Å². The van der Waals surface area contributed by atoms with Crippen LogP contribution in [0.25, 0.3) is 0 Å². The van der Waals surface area contributed by atoms with Gasteiger partial charge in [0, 0.05) is 12.2 Å². The molecule has 0 saturated heterocycles. The molecule has 1 aromatic heterocycles. The van der Waals surface area contributed by atoms with Gasteiger partial charge in [-0.1, -0.05) is 29.8 Å². The monoisotopic (exact) mass is 350 g/mol. The highest BCUT2D eigenvalue weighted by atomic mass is 19.1. The van der Waals surface area contributed by atoms with Crippen molar-refractivity contribution in [3.8, 4) is 0 Å². The molecule has 132 valence electrons. The lowest BCUT2D eigenvalue weighted by atomic mass is 10.1. The van der Waals surface area contributed by atoms with E-state index in [0.29, 0.717) is 12.4 Å². The van der Waals surface area contributed by atoms with Crippen molar-refractivity contribution >= 4 is 17.4 Å². The summed E-state index contributed by atoms with van der Waals surface area (Å²) < 4.78 is 12.9. The lowest BCUT2D eigenvalue weighted by Gasteiger charge is -2.09. The van der Waals surface area contributed by atoms with E-state index in [1.54, 1.807) is 24.3 Å². The number of hydrogen-bond donors (Lipinski definition) is 2. The number of hydrogen-bond acceptors (Lipinski definition) is 4. The third-order valence-corrected chi connectivity index (χ3v) is 3.91. The van der Waals surface area contributed by atoms with Crippen molar-refractivity contribution in [2.24, 2.45) is 0 Å². The van der Waals surface area contributed by atoms with Gasteiger partial charge >= 0.3 is 0 Å². The molecule has 0 spiro atoms. The number of rotatable bonds is 5. The number of carbonyl (C=O) groups is 1. The largest absolute Gasteiger partial charge is 0.365 e. The summed E-state index contributed by atoms with van der Waals surface area (Å²) in [4.78, 5) is 12.3. The maximum absolute atomic E-state index is 12.9. The first-order chi connectivity index (χ1) is 12.5. The van der Waals surface area contributed by atoms with Gasteiger partial charge in [0.05, 0.1) is 0 Å². The molecule has 0 fully saturated rings. The molecular formula is C20H19FN4O. The van der Waals surface area contributed by atoms with Crippen molar-refractivity contribution < 1.29 is 9.18 Å². The smallest absolute Gasteiger partial charge is 0.276 e. The summed E-state index contributed by atoms with van der Waals surface area (Å²) in [5.74, 6) is -0.0420. The Hall–Kier alpha value is -3.28. The molecule has 1 amide bonds. The van der Waals surface area contributed by atoms with E-state index in [2.05, 4.69) is 20.8 Å². The topological polar surface area (TPSA) is 66.9 Å². The van der Waals surface area contributed by atoms with Crippen LogP contribution in [-0.4, -0.2) is 16.1 Å². The van der Waals surface area contributed by atoms with E-state index in [-0.39, 0.29) is 17.4 Å². The van der Waals surface area contributed by atoms with Crippen LogP contribution in [0.2, 0.25) is 0 Å². The van der Waals surface area contributed by atoms with Crippen LogP contribution >= 0.6 is 0 Å². The quantitative estimate of drug-likeness (QED) is 0.727. The number of benzene rings is 2. The highest BCUT2D eigenvalue weighted by molar-refractivity contribution is 6.03. The van der Waals surface area contributed by atoms with Crippen LogP contribution in [-0.2, 0) is 6.54 Å². The minimum absolute atomic E-state index is 0.234. The van der Waals surface area contributed by atoms with E-state index in [9.17, 15) is 9.18 Å². The zero-order valence-electron chi connectivity index (χ0n) is 14.6. The number of amides is 1. The summed E-state index contributed by atoms with van der Waals surface area (Å²) in [6, 6.07) is 15.3. The molecule has 0 aliphatic heterocycles. The van der Waals surface area contributed by atoms with Gasteiger partial charge in [-0.05, 0) is 55.3 Å². The van der Waals surface area contributed by atoms with E-state index >= 15 is 0 Å². The molecule has 0 bridgehead atoms. The Morgan fingerprint density at radius 1 is 1.00 bits per heavy atom. The Labute approximate surface area is 151 Å². The summed E-state index contributed by atoms with van der Waals surface area (Å²) in [5.41, 5.74) is 4.03. The van der Waals surface area contributed by atoms with Gasteiger partial charge in [0.25, 0.3) is 5.91 Å². The average molecular weight is 350 g/mol. The first-order valence-corrected chi connectivity index (χ1v) is 8.22. The van der Waals surface area contributed by atoms with Crippen LogP contribution in [0.4, 0.5) is 15.9 Å². The molecule has 3 aromatic rings. The Morgan fingerprint density at radius 3 is 2.42 bits per heavy atom. The molecule has 6 heteroatoms. The second-order valence-corrected chi connectivity index (χ2v) is 6.06. The number of carbonyl (C=O) groups excluding carboxylic acids is 1. The minimum Gasteiger partial charge on any atom is -0.365 e. The fourth-order valence-corrected chi connectivity index (χ4v) is 2.48. The van der Waals surface area contributed by atoms with Crippen molar-refractivity contribution in [2.45, 2.75) is 20.4 Å². The molecule has 26 heavy (non-hydrogen) atoms. The van der Waals surface area contributed by atoms with Crippen LogP contribution < -0.4 is 10.6 Å². The van der Waals surface area contributed by atoms with Crippen molar-refractivity contribution in [3.63, 3.8) is 0 Å². The number of nitrogens with zero attached hydrogens (tertiary/aromatic N) is 2. The van der Waals surface area contributed by atoms with Crippen LogP contribution in [0.1, 0.15) is 27.2 Å². The summed E-state index contributed by atoms with van der Waals surface area (Å²) in [6.07, 6.45) is 0. The van der Waals surface area contributed by atoms with Gasteiger partial charge in [-0.15, -0.1) is 10.2 Å². The summed E-state index contributed by atoms with van der Waals surface area (Å²) in [6.45, 7) is 4.43. The summed E-state index contributed by atoms with van der Waals surface area (Å²) in [5, 5.41) is 13.9. The molecule has 1 heterocycles. The van der Waals surface area contributed by atoms with E-state index in [1.165, 1.54) is 12.1 Å². The second-order valence-electron chi connectivity index (χ2n) is 6.06. The van der Waals surface area contributed by atoms with Gasteiger partial charge in [0.15, 0.2) is 5.69 Å². The van der Waals surface area contributed by atoms with E-state index < -0.39 is 0 Å². The molecule has 0 atom stereocenters. The van der Waals surface area contributed by atoms with Crippen LogP contribution in [0, 0.1) is 19.7 Å². The number of nitrogens with one attached hydrogen (secondary N) is 2. The van der Waals surface area contributed by atoms with Gasteiger partial charge < -0.3 is 10.6 Å². The van der Waals surface area contributed by atoms with Crippen molar-refractivity contribution in [3.05, 3.63) is 82.8 Å². The Kier molecular flexibility index (Phi) is 5.22. The minimum atomic E-state index is -0.311. The van der Waals surface area contributed by atoms with Gasteiger partial charge in [-0.25, -0.2) is 4.39 Å². The molecule has 2 N–H and O–H groups in total. The molecule has 5 nitrogen and oxygen atoms in total. The number of halogens is 1. The van der Waals surface area contributed by atoms with Crippen molar-refractivity contribution in [2.75, 3.05) is 10.6 Å². The molecular weight excluding hydrogens is 331 g/mol. The highest BCUT2D eigenvalue weighted by Gasteiger charge is 2.10.